The Morgan fingerprint density at radius 2 is 1.82 bits per heavy atom. The van der Waals surface area contributed by atoms with E-state index < -0.39 is 23.2 Å². The molecule has 0 radical (unpaired) electrons. The van der Waals surface area contributed by atoms with Gasteiger partial charge in [0.2, 0.25) is 0 Å². The van der Waals surface area contributed by atoms with E-state index in [1.165, 1.54) is 30.6 Å². The molecule has 1 heterocycles. The lowest BCUT2D eigenvalue weighted by Gasteiger charge is -2.14. The highest BCUT2D eigenvalue weighted by atomic mass is 35.5. The number of nitrogens with zero attached hydrogens (tertiary/aromatic N) is 1. The van der Waals surface area contributed by atoms with Gasteiger partial charge in [0.25, 0.3) is 11.5 Å². The summed E-state index contributed by atoms with van der Waals surface area (Å²) in [7, 11) is 0. The quantitative estimate of drug-likeness (QED) is 0.348. The van der Waals surface area contributed by atoms with Gasteiger partial charge < -0.3 is 10.3 Å². The van der Waals surface area contributed by atoms with Crippen LogP contribution < -0.4 is 10.9 Å². The van der Waals surface area contributed by atoms with Crippen molar-refractivity contribution in [3.8, 4) is 11.1 Å². The Kier molecular flexibility index (Phi) is 6.70. The van der Waals surface area contributed by atoms with Crippen LogP contribution in [0.2, 0.25) is 5.02 Å². The lowest BCUT2D eigenvalue weighted by Crippen LogP contribution is -2.25. The summed E-state index contributed by atoms with van der Waals surface area (Å²) in [6.45, 7) is 0.352. The molecule has 0 fully saturated rings. The van der Waals surface area contributed by atoms with Gasteiger partial charge in [0.15, 0.2) is 0 Å². The molecule has 34 heavy (non-hydrogen) atoms. The molecule has 0 saturated carbocycles. The first-order valence-electron chi connectivity index (χ1n) is 10.4. The van der Waals surface area contributed by atoms with Crippen LogP contribution >= 0.6 is 11.6 Å². The molecule has 1 amide bonds. The maximum Gasteiger partial charge on any atom is 0.416 e. The molecule has 0 saturated heterocycles. The summed E-state index contributed by atoms with van der Waals surface area (Å²) in [6.07, 6.45) is -1.97. The van der Waals surface area contributed by atoms with Crippen LogP contribution in [0.1, 0.15) is 27.9 Å². The number of hydrogen-bond donors (Lipinski definition) is 2. The predicted octanol–water partition coefficient (Wildman–Crippen LogP) is 5.62. The standard InChI is InChI=1S/C25H19ClF3N3O2/c26-18-8-6-15(7-9-18)3-2-10-30-23(33)20-13-22-21(24(34)32-14-31-22)12-19(20)16-4-1-5-17(11-16)25(27,28)29/h1,4-9,11-14H,2-3,10H2,(H,30,33)(H,31,32,34). The van der Waals surface area contributed by atoms with Gasteiger partial charge in [-0.15, -0.1) is 0 Å². The molecule has 2 N–H and O–H groups in total. The zero-order valence-corrected chi connectivity index (χ0v) is 18.5. The van der Waals surface area contributed by atoms with Gasteiger partial charge in [0, 0.05) is 17.1 Å². The highest BCUT2D eigenvalue weighted by Gasteiger charge is 2.30. The average Bonchev–Trinajstić information content (AvgIpc) is 2.82. The molecule has 0 aliphatic heterocycles. The second-order valence-corrected chi connectivity index (χ2v) is 8.15. The Morgan fingerprint density at radius 3 is 2.56 bits per heavy atom. The predicted molar refractivity (Wildman–Crippen MR) is 125 cm³/mol. The highest BCUT2D eigenvalue weighted by Crippen LogP contribution is 2.34. The second-order valence-electron chi connectivity index (χ2n) is 7.71. The van der Waals surface area contributed by atoms with Crippen LogP contribution in [-0.2, 0) is 12.6 Å². The van der Waals surface area contributed by atoms with Crippen molar-refractivity contribution in [1.29, 1.82) is 0 Å². The lowest BCUT2D eigenvalue weighted by molar-refractivity contribution is -0.137. The minimum atomic E-state index is -4.55. The molecular weight excluding hydrogens is 467 g/mol. The third-order valence-electron chi connectivity index (χ3n) is 5.37. The van der Waals surface area contributed by atoms with Crippen LogP contribution in [-0.4, -0.2) is 22.4 Å². The summed E-state index contributed by atoms with van der Waals surface area (Å²) < 4.78 is 39.8. The van der Waals surface area contributed by atoms with E-state index in [-0.39, 0.29) is 27.6 Å². The van der Waals surface area contributed by atoms with E-state index in [1.54, 1.807) is 12.1 Å². The zero-order chi connectivity index (χ0) is 24.3. The van der Waals surface area contributed by atoms with Crippen molar-refractivity contribution in [1.82, 2.24) is 15.3 Å². The molecule has 174 valence electrons. The van der Waals surface area contributed by atoms with Crippen LogP contribution in [0.4, 0.5) is 13.2 Å². The Balaban J connectivity index is 1.63. The van der Waals surface area contributed by atoms with E-state index in [0.29, 0.717) is 24.4 Å². The fourth-order valence-corrected chi connectivity index (χ4v) is 3.77. The van der Waals surface area contributed by atoms with Gasteiger partial charge >= 0.3 is 6.18 Å². The SMILES string of the molecule is O=C(NCCCc1ccc(Cl)cc1)c1cc2nc[nH]c(=O)c2cc1-c1cccc(C(F)(F)F)c1. The molecule has 0 unspecified atom stereocenters. The number of H-pyrrole nitrogens is 1. The number of halogens is 4. The highest BCUT2D eigenvalue weighted by molar-refractivity contribution is 6.30. The number of alkyl halides is 3. The number of carbonyl (C=O) groups is 1. The summed E-state index contributed by atoms with van der Waals surface area (Å²) in [5.74, 6) is -0.465. The summed E-state index contributed by atoms with van der Waals surface area (Å²) in [4.78, 5) is 31.8. The molecule has 5 nitrogen and oxygen atoms in total. The summed E-state index contributed by atoms with van der Waals surface area (Å²) in [5.41, 5.74) is 0.561. The van der Waals surface area contributed by atoms with Crippen LogP contribution in [0.15, 0.2) is 71.8 Å². The molecule has 0 spiro atoms. The molecule has 4 rings (SSSR count). The minimum absolute atomic E-state index is 0.136. The summed E-state index contributed by atoms with van der Waals surface area (Å²) in [6, 6.07) is 14.9. The maximum atomic E-state index is 13.3. The monoisotopic (exact) mass is 485 g/mol. The zero-order valence-electron chi connectivity index (χ0n) is 17.7. The van der Waals surface area contributed by atoms with Crippen molar-refractivity contribution in [2.45, 2.75) is 19.0 Å². The first-order valence-corrected chi connectivity index (χ1v) is 10.8. The van der Waals surface area contributed by atoms with Gasteiger partial charge in [-0.3, -0.25) is 9.59 Å². The number of aromatic nitrogens is 2. The van der Waals surface area contributed by atoms with Crippen molar-refractivity contribution >= 4 is 28.4 Å². The third kappa shape index (κ3) is 5.28. The second kappa shape index (κ2) is 9.69. The Labute approximate surface area is 197 Å². The number of benzene rings is 3. The topological polar surface area (TPSA) is 74.8 Å². The average molecular weight is 486 g/mol. The van der Waals surface area contributed by atoms with E-state index in [4.69, 9.17) is 11.6 Å². The first kappa shape index (κ1) is 23.5. The van der Waals surface area contributed by atoms with Crippen LogP contribution in [0, 0.1) is 0 Å². The summed E-state index contributed by atoms with van der Waals surface area (Å²) >= 11 is 5.89. The van der Waals surface area contributed by atoms with Crippen molar-refractivity contribution < 1.29 is 18.0 Å². The molecule has 3 aromatic carbocycles. The number of amides is 1. The fourth-order valence-electron chi connectivity index (χ4n) is 3.65. The smallest absolute Gasteiger partial charge is 0.352 e. The number of hydrogen-bond acceptors (Lipinski definition) is 3. The Bertz CT molecular complexity index is 1400. The minimum Gasteiger partial charge on any atom is -0.352 e. The number of aromatic amines is 1. The summed E-state index contributed by atoms with van der Waals surface area (Å²) in [5, 5.41) is 3.63. The van der Waals surface area contributed by atoms with Crippen LogP contribution in [0.25, 0.3) is 22.0 Å². The maximum absolute atomic E-state index is 13.3. The van der Waals surface area contributed by atoms with Gasteiger partial charge in [0.1, 0.15) is 0 Å². The Hall–Kier alpha value is -3.65. The number of carbonyl (C=O) groups excluding carboxylic acids is 1. The lowest BCUT2D eigenvalue weighted by atomic mass is 9.95. The largest absolute Gasteiger partial charge is 0.416 e. The van der Waals surface area contributed by atoms with Gasteiger partial charge in [-0.2, -0.15) is 13.2 Å². The van der Waals surface area contributed by atoms with Gasteiger partial charge in [-0.05, 0) is 65.9 Å². The van der Waals surface area contributed by atoms with Gasteiger partial charge in [0.05, 0.1) is 22.8 Å². The van der Waals surface area contributed by atoms with Crippen molar-refractivity contribution in [3.05, 3.63) is 99.1 Å². The van der Waals surface area contributed by atoms with E-state index in [0.717, 1.165) is 17.7 Å². The van der Waals surface area contributed by atoms with Gasteiger partial charge in [-0.1, -0.05) is 35.9 Å². The van der Waals surface area contributed by atoms with Crippen molar-refractivity contribution in [2.75, 3.05) is 6.54 Å². The number of fused-ring (bicyclic) bond motifs is 1. The Morgan fingerprint density at radius 1 is 1.06 bits per heavy atom. The normalized spacial score (nSPS) is 11.5. The van der Waals surface area contributed by atoms with Crippen molar-refractivity contribution in [2.24, 2.45) is 0 Å². The third-order valence-corrected chi connectivity index (χ3v) is 5.62. The first-order chi connectivity index (χ1) is 16.2. The van der Waals surface area contributed by atoms with E-state index in [2.05, 4.69) is 15.3 Å². The van der Waals surface area contributed by atoms with Gasteiger partial charge in [-0.25, -0.2) is 4.98 Å². The van der Waals surface area contributed by atoms with E-state index in [9.17, 15) is 22.8 Å². The molecular formula is C25H19ClF3N3O2. The molecule has 0 aliphatic rings. The molecule has 0 atom stereocenters. The van der Waals surface area contributed by atoms with Crippen LogP contribution in [0.3, 0.4) is 0 Å². The van der Waals surface area contributed by atoms with E-state index >= 15 is 0 Å². The van der Waals surface area contributed by atoms with Crippen LogP contribution in [0.5, 0.6) is 0 Å². The molecule has 9 heteroatoms. The molecule has 1 aromatic heterocycles. The fraction of sp³-hybridized carbons (Fsp3) is 0.160. The molecule has 4 aromatic rings. The van der Waals surface area contributed by atoms with E-state index in [1.807, 2.05) is 12.1 Å². The number of nitrogens with one attached hydrogen (secondary N) is 2. The number of rotatable bonds is 6. The molecule has 0 bridgehead atoms. The van der Waals surface area contributed by atoms with Crippen molar-refractivity contribution in [3.63, 3.8) is 0 Å². The number of aryl methyl sites for hydroxylation is 1. The molecule has 0 aliphatic carbocycles.